The van der Waals surface area contributed by atoms with Crippen LogP contribution in [-0.2, 0) is 11.3 Å². The number of hydrogen-bond donors (Lipinski definition) is 0. The number of methoxy groups -OCH3 is 1. The number of piperidine rings is 1. The fourth-order valence-corrected chi connectivity index (χ4v) is 4.01. The molecule has 0 aliphatic carbocycles. The second kappa shape index (κ2) is 7.82. The van der Waals surface area contributed by atoms with E-state index in [1.54, 1.807) is 7.11 Å². The van der Waals surface area contributed by atoms with Gasteiger partial charge < -0.3 is 9.47 Å². The molecule has 3 heterocycles. The fourth-order valence-electron chi connectivity index (χ4n) is 4.01. The van der Waals surface area contributed by atoms with Crippen molar-refractivity contribution in [1.29, 1.82) is 0 Å². The molecule has 27 heavy (non-hydrogen) atoms. The summed E-state index contributed by atoms with van der Waals surface area (Å²) >= 11 is 0. The number of hydrogen-bond acceptors (Lipinski definition) is 4. The Labute approximate surface area is 159 Å². The minimum Gasteiger partial charge on any atom is -0.481 e. The number of carbonyl (C=O) groups excluding carboxylic acids is 1. The van der Waals surface area contributed by atoms with Crippen LogP contribution in [-0.4, -0.2) is 35.2 Å². The molecular weight excluding hydrogens is 340 g/mol. The number of benzene rings is 1. The van der Waals surface area contributed by atoms with Crippen LogP contribution in [0.3, 0.4) is 0 Å². The van der Waals surface area contributed by atoms with E-state index in [4.69, 9.17) is 9.47 Å². The summed E-state index contributed by atoms with van der Waals surface area (Å²) in [7, 11) is 1.62. The lowest BCUT2D eigenvalue weighted by Crippen LogP contribution is -2.51. The van der Waals surface area contributed by atoms with Gasteiger partial charge in [-0.15, -0.1) is 0 Å². The summed E-state index contributed by atoms with van der Waals surface area (Å²) in [4.78, 5) is 19.0. The van der Waals surface area contributed by atoms with E-state index in [1.807, 2.05) is 53.6 Å². The molecule has 2 aliphatic rings. The number of pyridine rings is 1. The standard InChI is InChI=1S/C22H24N2O3/c1-26-21-11-10-17(14-23-21)18-12-19-8-5-9-20(13-18)24(19)22(25)27-15-16-6-3-2-4-7-16/h2-4,6-7,10-12,14,19-20H,5,8-9,13,15H2,1H3. The van der Waals surface area contributed by atoms with Crippen molar-refractivity contribution in [2.45, 2.75) is 44.4 Å². The summed E-state index contributed by atoms with van der Waals surface area (Å²) in [6, 6.07) is 14.0. The summed E-state index contributed by atoms with van der Waals surface area (Å²) in [5.41, 5.74) is 3.37. The molecule has 2 bridgehead atoms. The Kier molecular flexibility index (Phi) is 5.10. The van der Waals surface area contributed by atoms with Crippen LogP contribution in [0.15, 0.2) is 54.7 Å². The lowest BCUT2D eigenvalue weighted by molar-refractivity contribution is 0.0510. The molecule has 1 aromatic heterocycles. The molecule has 2 aromatic rings. The maximum Gasteiger partial charge on any atom is 0.410 e. The Morgan fingerprint density at radius 3 is 2.74 bits per heavy atom. The molecule has 1 aromatic carbocycles. The zero-order valence-corrected chi connectivity index (χ0v) is 15.5. The van der Waals surface area contributed by atoms with Crippen molar-refractivity contribution in [2.24, 2.45) is 0 Å². The SMILES string of the molecule is COc1ccc(C2=CC3CCCC(C2)N3C(=O)OCc2ccccc2)cn1. The lowest BCUT2D eigenvalue weighted by atomic mass is 9.83. The Morgan fingerprint density at radius 1 is 1.19 bits per heavy atom. The van der Waals surface area contributed by atoms with Crippen molar-refractivity contribution in [2.75, 3.05) is 7.11 Å². The van der Waals surface area contributed by atoms with Crippen LogP contribution in [0, 0.1) is 0 Å². The molecule has 140 valence electrons. The predicted octanol–water partition coefficient (Wildman–Crippen LogP) is 4.44. The Hall–Kier alpha value is -2.82. The van der Waals surface area contributed by atoms with Gasteiger partial charge in [-0.25, -0.2) is 9.78 Å². The first-order valence-corrected chi connectivity index (χ1v) is 9.45. The first-order valence-electron chi connectivity index (χ1n) is 9.45. The molecule has 2 aliphatic heterocycles. The molecule has 0 radical (unpaired) electrons. The number of ether oxygens (including phenoxy) is 2. The van der Waals surface area contributed by atoms with Gasteiger partial charge in [0.25, 0.3) is 0 Å². The molecule has 5 heteroatoms. The van der Waals surface area contributed by atoms with Crippen LogP contribution in [0.1, 0.15) is 36.8 Å². The maximum absolute atomic E-state index is 12.8. The first kappa shape index (κ1) is 17.6. The second-order valence-electron chi connectivity index (χ2n) is 7.08. The predicted molar refractivity (Wildman–Crippen MR) is 103 cm³/mol. The monoisotopic (exact) mass is 364 g/mol. The molecule has 2 atom stereocenters. The number of amides is 1. The van der Waals surface area contributed by atoms with Gasteiger partial charge in [-0.05, 0) is 48.4 Å². The summed E-state index contributed by atoms with van der Waals surface area (Å²) in [6.07, 6.45) is 7.82. The third-order valence-corrected chi connectivity index (χ3v) is 5.37. The van der Waals surface area contributed by atoms with Crippen LogP contribution < -0.4 is 4.74 Å². The number of nitrogens with zero attached hydrogens (tertiary/aromatic N) is 2. The van der Waals surface area contributed by atoms with Gasteiger partial charge in [-0.1, -0.05) is 36.4 Å². The highest BCUT2D eigenvalue weighted by atomic mass is 16.6. The van der Waals surface area contributed by atoms with Crippen LogP contribution in [0.2, 0.25) is 0 Å². The van der Waals surface area contributed by atoms with E-state index in [0.29, 0.717) is 12.5 Å². The van der Waals surface area contributed by atoms with Crippen molar-refractivity contribution in [3.05, 3.63) is 65.9 Å². The maximum atomic E-state index is 12.8. The summed E-state index contributed by atoms with van der Waals surface area (Å²) in [5.74, 6) is 0.612. The highest BCUT2D eigenvalue weighted by Crippen LogP contribution is 2.37. The number of rotatable bonds is 4. The zero-order valence-electron chi connectivity index (χ0n) is 15.5. The fraction of sp³-hybridized carbons (Fsp3) is 0.364. The van der Waals surface area contributed by atoms with Gasteiger partial charge in [0.15, 0.2) is 0 Å². The second-order valence-corrected chi connectivity index (χ2v) is 7.08. The molecule has 4 rings (SSSR count). The van der Waals surface area contributed by atoms with Gasteiger partial charge in [-0.2, -0.15) is 0 Å². The smallest absolute Gasteiger partial charge is 0.410 e. The summed E-state index contributed by atoms with van der Waals surface area (Å²) < 4.78 is 10.7. The average Bonchev–Trinajstić information content (AvgIpc) is 2.72. The van der Waals surface area contributed by atoms with Gasteiger partial charge in [0.05, 0.1) is 13.2 Å². The van der Waals surface area contributed by atoms with Crippen molar-refractivity contribution in [1.82, 2.24) is 9.88 Å². The molecule has 2 unspecified atom stereocenters. The molecule has 1 fully saturated rings. The first-order chi connectivity index (χ1) is 13.2. The van der Waals surface area contributed by atoms with Crippen molar-refractivity contribution < 1.29 is 14.3 Å². The topological polar surface area (TPSA) is 51.7 Å². The molecule has 0 spiro atoms. The largest absolute Gasteiger partial charge is 0.481 e. The Balaban J connectivity index is 1.48. The average molecular weight is 364 g/mol. The van der Waals surface area contributed by atoms with Gasteiger partial charge in [0.2, 0.25) is 5.88 Å². The lowest BCUT2D eigenvalue weighted by Gasteiger charge is -2.44. The number of aromatic nitrogens is 1. The highest BCUT2D eigenvalue weighted by Gasteiger charge is 2.38. The minimum atomic E-state index is -0.211. The van der Waals surface area contributed by atoms with Crippen molar-refractivity contribution in [3.8, 4) is 5.88 Å². The van der Waals surface area contributed by atoms with E-state index in [-0.39, 0.29) is 18.2 Å². The molecular formula is C22H24N2O3. The van der Waals surface area contributed by atoms with Gasteiger partial charge in [-0.3, -0.25) is 4.90 Å². The highest BCUT2D eigenvalue weighted by molar-refractivity contribution is 5.74. The van der Waals surface area contributed by atoms with E-state index in [9.17, 15) is 4.79 Å². The molecule has 0 saturated carbocycles. The van der Waals surface area contributed by atoms with Crippen molar-refractivity contribution in [3.63, 3.8) is 0 Å². The summed E-state index contributed by atoms with van der Waals surface area (Å²) in [5, 5.41) is 0. The molecule has 1 saturated heterocycles. The normalized spacial score (nSPS) is 21.4. The van der Waals surface area contributed by atoms with Gasteiger partial charge in [0, 0.05) is 18.3 Å². The summed E-state index contributed by atoms with van der Waals surface area (Å²) in [6.45, 7) is 0.314. The molecule has 1 amide bonds. The van der Waals surface area contributed by atoms with Gasteiger partial charge >= 0.3 is 6.09 Å². The third-order valence-electron chi connectivity index (χ3n) is 5.37. The quantitative estimate of drug-likeness (QED) is 0.805. The Bertz CT molecular complexity index is 817. The minimum absolute atomic E-state index is 0.0953. The molecule has 5 nitrogen and oxygen atoms in total. The van der Waals surface area contributed by atoms with E-state index in [2.05, 4.69) is 11.1 Å². The van der Waals surface area contributed by atoms with E-state index in [0.717, 1.165) is 36.8 Å². The van der Waals surface area contributed by atoms with Crippen LogP contribution in [0.25, 0.3) is 5.57 Å². The van der Waals surface area contributed by atoms with Crippen LogP contribution >= 0.6 is 0 Å². The van der Waals surface area contributed by atoms with Gasteiger partial charge in [0.1, 0.15) is 6.61 Å². The molecule has 0 N–H and O–H groups in total. The van der Waals surface area contributed by atoms with Crippen molar-refractivity contribution >= 4 is 11.7 Å². The van der Waals surface area contributed by atoms with E-state index in [1.165, 1.54) is 5.57 Å². The Morgan fingerprint density at radius 2 is 2.04 bits per heavy atom. The zero-order chi connectivity index (χ0) is 18.6. The van der Waals surface area contributed by atoms with E-state index < -0.39 is 0 Å². The number of fused-ring (bicyclic) bond motifs is 2. The third kappa shape index (κ3) is 3.82. The van der Waals surface area contributed by atoms with E-state index >= 15 is 0 Å². The number of carbonyl (C=O) groups is 1. The van der Waals surface area contributed by atoms with Crippen LogP contribution in [0.4, 0.5) is 4.79 Å². The van der Waals surface area contributed by atoms with Crippen LogP contribution in [0.5, 0.6) is 5.88 Å².